The summed E-state index contributed by atoms with van der Waals surface area (Å²) in [7, 11) is 0. The number of ketones is 1. The van der Waals surface area contributed by atoms with Gasteiger partial charge in [0.1, 0.15) is 11.2 Å². The van der Waals surface area contributed by atoms with Crippen LogP contribution in [-0.4, -0.2) is 28.9 Å². The molecule has 0 spiro atoms. The fourth-order valence-electron chi connectivity index (χ4n) is 4.70. The maximum Gasteiger partial charge on any atom is 0.324 e. The number of allylic oxidation sites excluding steroid dienone is 4. The van der Waals surface area contributed by atoms with E-state index in [1.807, 2.05) is 60.7 Å². The van der Waals surface area contributed by atoms with Gasteiger partial charge in [0.2, 0.25) is 0 Å². The first-order valence-corrected chi connectivity index (χ1v) is 11.9. The van der Waals surface area contributed by atoms with E-state index in [9.17, 15) is 14.4 Å². The van der Waals surface area contributed by atoms with Crippen LogP contribution in [0, 0.1) is 5.41 Å². The molecular weight excluding hydrogens is 440 g/mol. The molecule has 0 heterocycles. The van der Waals surface area contributed by atoms with E-state index in [0.717, 1.165) is 22.3 Å². The normalized spacial score (nSPS) is 17.5. The highest BCUT2D eigenvalue weighted by atomic mass is 16.6. The van der Waals surface area contributed by atoms with E-state index < -0.39 is 28.6 Å². The summed E-state index contributed by atoms with van der Waals surface area (Å²) < 4.78 is 11.5. The number of hydrogen-bond acceptors (Lipinski definition) is 5. The Hall–Kier alpha value is -3.47. The highest BCUT2D eigenvalue weighted by Crippen LogP contribution is 2.56. The molecule has 0 bridgehead atoms. The number of esters is 2. The van der Waals surface area contributed by atoms with Gasteiger partial charge in [0, 0.05) is 24.0 Å². The molecule has 2 aliphatic carbocycles. The third-order valence-electron chi connectivity index (χ3n) is 6.08. The van der Waals surface area contributed by atoms with E-state index in [0.29, 0.717) is 11.1 Å². The number of hydrogen-bond donors (Lipinski definition) is 0. The molecule has 1 fully saturated rings. The molecule has 4 rings (SSSR count). The van der Waals surface area contributed by atoms with Crippen LogP contribution in [0.3, 0.4) is 0 Å². The molecule has 1 saturated carbocycles. The quantitative estimate of drug-likeness (QED) is 0.407. The Labute approximate surface area is 206 Å². The summed E-state index contributed by atoms with van der Waals surface area (Å²) in [6, 6.07) is 18.8. The number of rotatable bonds is 4. The summed E-state index contributed by atoms with van der Waals surface area (Å²) in [6.45, 7) is 10.6. The van der Waals surface area contributed by atoms with E-state index in [4.69, 9.17) is 9.47 Å². The van der Waals surface area contributed by atoms with Crippen LogP contribution >= 0.6 is 0 Å². The molecular formula is C30H32O5. The van der Waals surface area contributed by atoms with Crippen molar-refractivity contribution in [2.45, 2.75) is 65.6 Å². The van der Waals surface area contributed by atoms with Crippen molar-refractivity contribution in [3.05, 3.63) is 82.9 Å². The zero-order valence-corrected chi connectivity index (χ0v) is 21.2. The molecule has 0 saturated heterocycles. The summed E-state index contributed by atoms with van der Waals surface area (Å²) in [5.74, 6) is -1.34. The zero-order chi connectivity index (χ0) is 25.6. The van der Waals surface area contributed by atoms with Crippen molar-refractivity contribution in [3.63, 3.8) is 0 Å². The smallest absolute Gasteiger partial charge is 0.324 e. The van der Waals surface area contributed by atoms with Crippen molar-refractivity contribution < 1.29 is 23.9 Å². The molecule has 2 aromatic carbocycles. The van der Waals surface area contributed by atoms with Gasteiger partial charge in [0.05, 0.1) is 0 Å². The molecule has 5 nitrogen and oxygen atoms in total. The average Bonchev–Trinajstić information content (AvgIpc) is 3.26. The van der Waals surface area contributed by atoms with Gasteiger partial charge >= 0.3 is 11.9 Å². The van der Waals surface area contributed by atoms with Gasteiger partial charge < -0.3 is 9.47 Å². The fraction of sp³-hybridized carbons (Fsp3) is 0.367. The maximum atomic E-state index is 13.8. The second kappa shape index (κ2) is 8.63. The standard InChI is InChI=1S/C30H32O5/c1-28(2,3)34-26(32)30(27(33)35-29(4,5)6)17-21-22(18-30)24(20-15-11-8-12-16-20)25(31)23(21)19-13-9-7-10-14-19/h7-16H,17-18H2,1-6H3. The van der Waals surface area contributed by atoms with Crippen molar-refractivity contribution in [1.29, 1.82) is 0 Å². The number of carbonyl (C=O) groups is 3. The molecule has 2 aromatic rings. The Kier molecular flexibility index (Phi) is 6.08. The Morgan fingerprint density at radius 2 is 1.00 bits per heavy atom. The van der Waals surface area contributed by atoms with Gasteiger partial charge in [-0.2, -0.15) is 0 Å². The predicted molar refractivity (Wildman–Crippen MR) is 135 cm³/mol. The topological polar surface area (TPSA) is 69.7 Å². The van der Waals surface area contributed by atoms with Crippen LogP contribution in [0.1, 0.15) is 65.5 Å². The zero-order valence-electron chi connectivity index (χ0n) is 21.2. The third-order valence-corrected chi connectivity index (χ3v) is 6.08. The van der Waals surface area contributed by atoms with Crippen molar-refractivity contribution in [3.8, 4) is 0 Å². The molecule has 0 unspecified atom stereocenters. The Bertz CT molecular complexity index is 1140. The third kappa shape index (κ3) is 4.72. The van der Waals surface area contributed by atoms with Crippen LogP contribution in [0.25, 0.3) is 11.1 Å². The van der Waals surface area contributed by atoms with Gasteiger partial charge in [0.15, 0.2) is 11.2 Å². The Morgan fingerprint density at radius 1 is 0.657 bits per heavy atom. The van der Waals surface area contributed by atoms with E-state index in [2.05, 4.69) is 0 Å². The summed E-state index contributed by atoms with van der Waals surface area (Å²) in [4.78, 5) is 41.1. The second-order valence-electron chi connectivity index (χ2n) is 11.2. The van der Waals surface area contributed by atoms with Gasteiger partial charge in [-0.1, -0.05) is 60.7 Å². The molecule has 0 aromatic heterocycles. The lowest BCUT2D eigenvalue weighted by Gasteiger charge is -2.32. The number of benzene rings is 2. The van der Waals surface area contributed by atoms with Crippen molar-refractivity contribution in [1.82, 2.24) is 0 Å². The lowest BCUT2D eigenvalue weighted by Crippen LogP contribution is -2.45. The lowest BCUT2D eigenvalue weighted by atomic mass is 9.82. The van der Waals surface area contributed by atoms with E-state index in [1.54, 1.807) is 41.5 Å². The molecule has 2 aliphatic rings. The van der Waals surface area contributed by atoms with Crippen molar-refractivity contribution in [2.24, 2.45) is 5.41 Å². The molecule has 0 N–H and O–H groups in total. The van der Waals surface area contributed by atoms with Crippen LogP contribution in [0.5, 0.6) is 0 Å². The summed E-state index contributed by atoms with van der Waals surface area (Å²) in [5.41, 5.74) is 0.904. The minimum Gasteiger partial charge on any atom is -0.459 e. The van der Waals surface area contributed by atoms with E-state index >= 15 is 0 Å². The van der Waals surface area contributed by atoms with Gasteiger partial charge in [-0.15, -0.1) is 0 Å². The second-order valence-corrected chi connectivity index (χ2v) is 11.2. The first-order chi connectivity index (χ1) is 16.3. The van der Waals surface area contributed by atoms with Gasteiger partial charge in [-0.25, -0.2) is 0 Å². The number of carbonyl (C=O) groups excluding carboxylic acids is 3. The molecule has 35 heavy (non-hydrogen) atoms. The Morgan fingerprint density at radius 3 is 1.31 bits per heavy atom. The predicted octanol–water partition coefficient (Wildman–Crippen LogP) is 5.94. The van der Waals surface area contributed by atoms with Crippen molar-refractivity contribution >= 4 is 28.9 Å². The van der Waals surface area contributed by atoms with Gasteiger partial charge in [-0.3, -0.25) is 14.4 Å². The van der Waals surface area contributed by atoms with Crippen LogP contribution < -0.4 is 0 Å². The van der Waals surface area contributed by atoms with Crippen LogP contribution in [0.15, 0.2) is 71.8 Å². The fourth-order valence-corrected chi connectivity index (χ4v) is 4.70. The number of Topliss-reactive ketones (excluding diaryl/α,β-unsaturated/α-hetero) is 1. The molecule has 182 valence electrons. The molecule has 0 aliphatic heterocycles. The number of ether oxygens (including phenoxy) is 2. The number of fused-ring (bicyclic) bond motifs is 1. The molecule has 5 heteroatoms. The van der Waals surface area contributed by atoms with Gasteiger partial charge in [0.25, 0.3) is 0 Å². The first kappa shape index (κ1) is 24.6. The van der Waals surface area contributed by atoms with Crippen LogP contribution in [-0.2, 0) is 23.9 Å². The largest absolute Gasteiger partial charge is 0.459 e. The summed E-state index contributed by atoms with van der Waals surface area (Å²) in [6.07, 6.45) is 0.108. The lowest BCUT2D eigenvalue weighted by molar-refractivity contribution is -0.184. The van der Waals surface area contributed by atoms with E-state index in [-0.39, 0.29) is 18.6 Å². The summed E-state index contributed by atoms with van der Waals surface area (Å²) >= 11 is 0. The first-order valence-electron chi connectivity index (χ1n) is 11.9. The van der Waals surface area contributed by atoms with Crippen LogP contribution in [0.2, 0.25) is 0 Å². The minimum absolute atomic E-state index is 0.0540. The van der Waals surface area contributed by atoms with Crippen molar-refractivity contribution in [2.75, 3.05) is 0 Å². The average molecular weight is 473 g/mol. The summed E-state index contributed by atoms with van der Waals surface area (Å²) in [5, 5.41) is 0. The minimum atomic E-state index is -1.56. The maximum absolute atomic E-state index is 13.8. The molecule has 0 radical (unpaired) electrons. The van der Waals surface area contributed by atoms with E-state index in [1.165, 1.54) is 0 Å². The molecule has 0 atom stereocenters. The monoisotopic (exact) mass is 472 g/mol. The highest BCUT2D eigenvalue weighted by Gasteiger charge is 2.58. The molecule has 0 amide bonds. The Balaban J connectivity index is 1.92. The van der Waals surface area contributed by atoms with Gasteiger partial charge in [-0.05, 0) is 63.8 Å². The van der Waals surface area contributed by atoms with Crippen LogP contribution in [0.4, 0.5) is 0 Å². The SMILES string of the molecule is CC(C)(C)OC(=O)C1(C(=O)OC(C)(C)C)CC2=C(c3ccccc3)C(=O)C(c3ccccc3)=C2C1. The highest BCUT2D eigenvalue weighted by molar-refractivity contribution is 6.47.